The van der Waals surface area contributed by atoms with E-state index in [1.165, 1.54) is 4.90 Å². The van der Waals surface area contributed by atoms with Crippen molar-refractivity contribution < 1.29 is 19.1 Å². The van der Waals surface area contributed by atoms with Crippen LogP contribution in [0.2, 0.25) is 0 Å². The Morgan fingerprint density at radius 2 is 1.75 bits per heavy atom. The lowest BCUT2D eigenvalue weighted by Gasteiger charge is -2.20. The molecule has 3 aliphatic rings. The average molecular weight is 384 g/mol. The Morgan fingerprint density at radius 3 is 2.29 bits per heavy atom. The first kappa shape index (κ1) is 19.0. The summed E-state index contributed by atoms with van der Waals surface area (Å²) >= 11 is 0. The summed E-state index contributed by atoms with van der Waals surface area (Å²) < 4.78 is 5.17. The van der Waals surface area contributed by atoms with Gasteiger partial charge in [-0.05, 0) is 55.2 Å². The van der Waals surface area contributed by atoms with Crippen LogP contribution < -0.4 is 10.1 Å². The number of hydrogen-bond donors (Lipinski definition) is 1. The number of carbonyl (C=O) groups is 3. The van der Waals surface area contributed by atoms with Gasteiger partial charge in [0.1, 0.15) is 5.75 Å². The van der Waals surface area contributed by atoms with E-state index in [-0.39, 0.29) is 48.6 Å². The average Bonchev–Trinajstić information content (AvgIpc) is 3.39. The minimum Gasteiger partial charge on any atom is -0.497 e. The SMILES string of the molecule is CC[C@H](NC(=O)CCN1C(=O)[C@@H]2[C@H]3CC[C@@H](C3)[C@H]2C1=O)c1ccc(OC)cc1. The Kier molecular flexibility index (Phi) is 5.13. The van der Waals surface area contributed by atoms with Crippen molar-refractivity contribution in [2.75, 3.05) is 13.7 Å². The molecule has 1 aromatic carbocycles. The van der Waals surface area contributed by atoms with Crippen LogP contribution in [0.4, 0.5) is 0 Å². The lowest BCUT2D eigenvalue weighted by atomic mass is 9.81. The third-order valence-corrected chi connectivity index (χ3v) is 6.84. The molecular formula is C22H28N2O4. The number of likely N-dealkylation sites (tertiary alicyclic amines) is 1. The smallest absolute Gasteiger partial charge is 0.233 e. The van der Waals surface area contributed by atoms with E-state index in [0.717, 1.165) is 37.0 Å². The molecule has 0 aromatic heterocycles. The van der Waals surface area contributed by atoms with Crippen LogP contribution in [-0.4, -0.2) is 36.3 Å². The third kappa shape index (κ3) is 3.19. The zero-order valence-corrected chi connectivity index (χ0v) is 16.5. The molecular weight excluding hydrogens is 356 g/mol. The Balaban J connectivity index is 1.34. The number of hydrogen-bond acceptors (Lipinski definition) is 4. The van der Waals surface area contributed by atoms with E-state index >= 15 is 0 Å². The number of carbonyl (C=O) groups excluding carboxylic acids is 3. The second-order valence-corrected chi connectivity index (χ2v) is 8.26. The van der Waals surface area contributed by atoms with Crippen LogP contribution in [0, 0.1) is 23.7 Å². The minimum absolute atomic E-state index is 0.0443. The van der Waals surface area contributed by atoms with Crippen molar-refractivity contribution in [2.24, 2.45) is 23.7 Å². The molecule has 1 saturated heterocycles. The van der Waals surface area contributed by atoms with E-state index in [0.29, 0.717) is 11.8 Å². The quantitative estimate of drug-likeness (QED) is 0.734. The fourth-order valence-corrected chi connectivity index (χ4v) is 5.43. The highest BCUT2D eigenvalue weighted by molar-refractivity contribution is 6.06. The maximum Gasteiger partial charge on any atom is 0.233 e. The number of fused-ring (bicyclic) bond motifs is 5. The fraction of sp³-hybridized carbons (Fsp3) is 0.591. The predicted molar refractivity (Wildman–Crippen MR) is 103 cm³/mol. The lowest BCUT2D eigenvalue weighted by molar-refractivity contribution is -0.141. The van der Waals surface area contributed by atoms with E-state index in [9.17, 15) is 14.4 Å². The van der Waals surface area contributed by atoms with Gasteiger partial charge in [-0.15, -0.1) is 0 Å². The van der Waals surface area contributed by atoms with E-state index in [2.05, 4.69) is 5.32 Å². The maximum absolute atomic E-state index is 12.7. The van der Waals surface area contributed by atoms with Gasteiger partial charge in [0.15, 0.2) is 0 Å². The first-order valence-corrected chi connectivity index (χ1v) is 10.3. The van der Waals surface area contributed by atoms with Gasteiger partial charge in [-0.3, -0.25) is 19.3 Å². The number of rotatable bonds is 7. The van der Waals surface area contributed by atoms with Crippen LogP contribution >= 0.6 is 0 Å². The van der Waals surface area contributed by atoms with E-state index in [1.807, 2.05) is 31.2 Å². The van der Waals surface area contributed by atoms with Gasteiger partial charge in [0, 0.05) is 13.0 Å². The van der Waals surface area contributed by atoms with Gasteiger partial charge < -0.3 is 10.1 Å². The van der Waals surface area contributed by atoms with Crippen LogP contribution in [-0.2, 0) is 14.4 Å². The molecule has 5 atom stereocenters. The molecule has 150 valence electrons. The fourth-order valence-electron chi connectivity index (χ4n) is 5.43. The molecule has 0 spiro atoms. The molecule has 1 N–H and O–H groups in total. The Hall–Kier alpha value is -2.37. The third-order valence-electron chi connectivity index (χ3n) is 6.84. The van der Waals surface area contributed by atoms with Gasteiger partial charge in [-0.25, -0.2) is 0 Å². The number of nitrogens with one attached hydrogen (secondary N) is 1. The standard InChI is InChI=1S/C22H28N2O4/c1-3-17(13-6-8-16(28-2)9-7-13)23-18(25)10-11-24-21(26)19-14-4-5-15(12-14)20(19)22(24)27/h6-9,14-15,17,19-20H,3-5,10-12H2,1-2H3,(H,23,25)/t14-,15-,17-,19+,20+/m0/s1. The molecule has 6 nitrogen and oxygen atoms in total. The molecule has 0 unspecified atom stereocenters. The summed E-state index contributed by atoms with van der Waals surface area (Å²) in [7, 11) is 1.62. The summed E-state index contributed by atoms with van der Waals surface area (Å²) in [5.74, 6) is 1.08. The Bertz CT molecular complexity index is 747. The largest absolute Gasteiger partial charge is 0.497 e. The molecule has 28 heavy (non-hydrogen) atoms. The van der Waals surface area contributed by atoms with Crippen molar-refractivity contribution >= 4 is 17.7 Å². The number of imide groups is 1. The molecule has 3 fully saturated rings. The van der Waals surface area contributed by atoms with Crippen molar-refractivity contribution in [1.29, 1.82) is 0 Å². The molecule has 1 aliphatic heterocycles. The molecule has 6 heteroatoms. The minimum atomic E-state index is -0.136. The summed E-state index contributed by atoms with van der Waals surface area (Å²) in [6.07, 6.45) is 4.08. The van der Waals surface area contributed by atoms with Crippen LogP contribution in [0.3, 0.4) is 0 Å². The molecule has 3 amide bonds. The summed E-state index contributed by atoms with van der Waals surface area (Å²) in [4.78, 5) is 39.3. The van der Waals surface area contributed by atoms with Crippen LogP contribution in [0.25, 0.3) is 0 Å². The van der Waals surface area contributed by atoms with Crippen molar-refractivity contribution in [1.82, 2.24) is 10.2 Å². The number of nitrogens with zero attached hydrogens (tertiary/aromatic N) is 1. The van der Waals surface area contributed by atoms with Gasteiger partial charge in [-0.1, -0.05) is 19.1 Å². The van der Waals surface area contributed by atoms with Crippen LogP contribution in [0.15, 0.2) is 24.3 Å². The number of amides is 3. The Morgan fingerprint density at radius 1 is 1.14 bits per heavy atom. The monoisotopic (exact) mass is 384 g/mol. The van der Waals surface area contributed by atoms with E-state index < -0.39 is 0 Å². The predicted octanol–water partition coefficient (Wildman–Crippen LogP) is 2.68. The van der Waals surface area contributed by atoms with E-state index in [1.54, 1.807) is 7.11 Å². The Labute approximate surface area is 165 Å². The lowest BCUT2D eigenvalue weighted by Crippen LogP contribution is -2.37. The molecule has 4 rings (SSSR count). The van der Waals surface area contributed by atoms with Crippen molar-refractivity contribution in [2.45, 2.75) is 45.1 Å². The van der Waals surface area contributed by atoms with E-state index in [4.69, 9.17) is 4.74 Å². The molecule has 2 bridgehead atoms. The first-order valence-electron chi connectivity index (χ1n) is 10.3. The summed E-state index contributed by atoms with van der Waals surface area (Å²) in [5.41, 5.74) is 1.01. The maximum atomic E-state index is 12.7. The van der Waals surface area contributed by atoms with Gasteiger partial charge in [-0.2, -0.15) is 0 Å². The number of benzene rings is 1. The van der Waals surface area contributed by atoms with Gasteiger partial charge >= 0.3 is 0 Å². The second kappa shape index (κ2) is 7.57. The summed E-state index contributed by atoms with van der Waals surface area (Å²) in [6.45, 7) is 2.20. The van der Waals surface area contributed by atoms with Crippen LogP contribution in [0.5, 0.6) is 5.75 Å². The second-order valence-electron chi connectivity index (χ2n) is 8.26. The summed E-state index contributed by atoms with van der Waals surface area (Å²) in [5, 5.41) is 3.03. The molecule has 2 aliphatic carbocycles. The number of ether oxygens (including phenoxy) is 1. The van der Waals surface area contributed by atoms with Crippen molar-refractivity contribution in [3.63, 3.8) is 0 Å². The van der Waals surface area contributed by atoms with Crippen molar-refractivity contribution in [3.8, 4) is 5.75 Å². The van der Waals surface area contributed by atoms with Crippen molar-refractivity contribution in [3.05, 3.63) is 29.8 Å². The molecule has 2 saturated carbocycles. The van der Waals surface area contributed by atoms with Gasteiger partial charge in [0.25, 0.3) is 0 Å². The normalized spacial score (nSPS) is 29.1. The number of methoxy groups -OCH3 is 1. The topological polar surface area (TPSA) is 75.7 Å². The highest BCUT2D eigenvalue weighted by Crippen LogP contribution is 2.56. The highest BCUT2D eigenvalue weighted by atomic mass is 16.5. The molecule has 1 heterocycles. The van der Waals surface area contributed by atoms with Crippen LogP contribution in [0.1, 0.15) is 50.6 Å². The molecule has 1 aromatic rings. The zero-order chi connectivity index (χ0) is 19.8. The highest BCUT2D eigenvalue weighted by Gasteiger charge is 2.60. The first-order chi connectivity index (χ1) is 13.5. The zero-order valence-electron chi connectivity index (χ0n) is 16.5. The summed E-state index contributed by atoms with van der Waals surface area (Å²) in [6, 6.07) is 7.53. The van der Waals surface area contributed by atoms with Gasteiger partial charge in [0.05, 0.1) is 25.0 Å². The van der Waals surface area contributed by atoms with Gasteiger partial charge in [0.2, 0.25) is 17.7 Å². The molecule has 0 radical (unpaired) electrons.